The summed E-state index contributed by atoms with van der Waals surface area (Å²) in [5.41, 5.74) is -0.749. The fraction of sp³-hybridized carbons (Fsp3) is 0.364. The highest BCUT2D eigenvalue weighted by molar-refractivity contribution is 5.82. The Morgan fingerprint density at radius 2 is 1.87 bits per heavy atom. The van der Waals surface area contributed by atoms with Gasteiger partial charge in [0, 0.05) is 0 Å². The maximum absolute atomic E-state index is 11.4. The Morgan fingerprint density at radius 3 is 2.33 bits per heavy atom. The molecule has 4 nitrogen and oxygen atoms in total. The number of amides is 1. The predicted octanol–water partition coefficient (Wildman–Crippen LogP) is 1.18. The third-order valence-electron chi connectivity index (χ3n) is 1.93. The second-order valence-electron chi connectivity index (χ2n) is 3.91. The molecular weight excluding hydrogens is 194 g/mol. The summed E-state index contributed by atoms with van der Waals surface area (Å²) < 4.78 is 0. The maximum Gasteiger partial charge on any atom is 0.277 e. The molecule has 0 aliphatic carbocycles. The number of hydrogen-bond donors (Lipinski definition) is 2. The molecule has 0 radical (unpaired) electrons. The normalized spacial score (nSPS) is 11.2. The Kier molecular flexibility index (Phi) is 3.44. The van der Waals surface area contributed by atoms with Crippen molar-refractivity contribution in [2.24, 2.45) is 0 Å². The molecule has 2 N–H and O–H groups in total. The first-order chi connectivity index (χ1) is 6.91. The second-order valence-corrected chi connectivity index (χ2v) is 3.91. The summed E-state index contributed by atoms with van der Waals surface area (Å²) in [4.78, 5) is 11.4. The number of nitrogens with zero attached hydrogens (tertiary/aromatic N) is 1. The monoisotopic (exact) mass is 209 g/mol. The Balaban J connectivity index is 2.65. The molecule has 0 saturated carbocycles. The van der Waals surface area contributed by atoms with E-state index in [9.17, 15) is 15.1 Å². The smallest absolute Gasteiger partial charge is 0.277 e. The lowest BCUT2D eigenvalue weighted by atomic mass is 10.1. The van der Waals surface area contributed by atoms with Crippen LogP contribution in [0.3, 0.4) is 0 Å². The third kappa shape index (κ3) is 3.34. The number of hydroxylamine groups is 2. The first kappa shape index (κ1) is 11.7. The molecule has 1 rings (SSSR count). The zero-order chi connectivity index (χ0) is 11.5. The van der Waals surface area contributed by atoms with Crippen LogP contribution in [-0.2, 0) is 11.3 Å². The van der Waals surface area contributed by atoms with Crippen LogP contribution in [0.25, 0.3) is 0 Å². The average molecular weight is 209 g/mol. The first-order valence-corrected chi connectivity index (χ1v) is 4.68. The highest BCUT2D eigenvalue weighted by Gasteiger charge is 2.28. The summed E-state index contributed by atoms with van der Waals surface area (Å²) in [5.74, 6) is -0.716. The van der Waals surface area contributed by atoms with Gasteiger partial charge in [-0.15, -0.1) is 0 Å². The zero-order valence-electron chi connectivity index (χ0n) is 8.84. The molecule has 0 heterocycles. The van der Waals surface area contributed by atoms with E-state index in [2.05, 4.69) is 0 Å². The molecule has 0 spiro atoms. The van der Waals surface area contributed by atoms with Gasteiger partial charge < -0.3 is 5.11 Å². The van der Waals surface area contributed by atoms with Crippen LogP contribution in [0, 0.1) is 0 Å². The van der Waals surface area contributed by atoms with Crippen molar-refractivity contribution in [2.75, 3.05) is 0 Å². The van der Waals surface area contributed by atoms with Crippen LogP contribution in [0.1, 0.15) is 19.4 Å². The van der Waals surface area contributed by atoms with Crippen molar-refractivity contribution >= 4 is 5.91 Å². The quantitative estimate of drug-likeness (QED) is 0.580. The molecular formula is C11H15NO3. The van der Waals surface area contributed by atoms with Crippen LogP contribution in [0.15, 0.2) is 30.3 Å². The number of aliphatic hydroxyl groups is 1. The average Bonchev–Trinajstić information content (AvgIpc) is 2.16. The summed E-state index contributed by atoms with van der Waals surface area (Å²) in [6, 6.07) is 9.07. The number of rotatable bonds is 3. The Bertz CT molecular complexity index is 329. The molecule has 1 aromatic carbocycles. The molecule has 4 heteroatoms. The van der Waals surface area contributed by atoms with Gasteiger partial charge in [-0.3, -0.25) is 10.0 Å². The minimum Gasteiger partial charge on any atom is -0.381 e. The topological polar surface area (TPSA) is 60.8 Å². The van der Waals surface area contributed by atoms with Crippen LogP contribution in [-0.4, -0.2) is 26.9 Å². The number of carbonyl (C=O) groups is 1. The molecule has 15 heavy (non-hydrogen) atoms. The first-order valence-electron chi connectivity index (χ1n) is 4.68. The van der Waals surface area contributed by atoms with E-state index in [0.29, 0.717) is 5.06 Å². The van der Waals surface area contributed by atoms with Gasteiger partial charge >= 0.3 is 0 Å². The van der Waals surface area contributed by atoms with E-state index in [1.165, 1.54) is 13.8 Å². The summed E-state index contributed by atoms with van der Waals surface area (Å²) >= 11 is 0. The van der Waals surface area contributed by atoms with Crippen LogP contribution >= 0.6 is 0 Å². The van der Waals surface area contributed by atoms with E-state index in [-0.39, 0.29) is 6.54 Å². The lowest BCUT2D eigenvalue weighted by molar-refractivity contribution is -0.185. The Labute approximate surface area is 88.7 Å². The molecule has 0 unspecified atom stereocenters. The largest absolute Gasteiger partial charge is 0.381 e. The van der Waals surface area contributed by atoms with Gasteiger partial charge in [0.25, 0.3) is 5.91 Å². The second kappa shape index (κ2) is 4.42. The molecule has 0 atom stereocenters. The van der Waals surface area contributed by atoms with E-state index in [4.69, 9.17) is 0 Å². The molecule has 1 aromatic rings. The van der Waals surface area contributed by atoms with Crippen LogP contribution in [0.2, 0.25) is 0 Å². The lowest BCUT2D eigenvalue weighted by Crippen LogP contribution is -2.43. The van der Waals surface area contributed by atoms with Crippen LogP contribution in [0.5, 0.6) is 0 Å². The van der Waals surface area contributed by atoms with Gasteiger partial charge in [-0.2, -0.15) is 0 Å². The van der Waals surface area contributed by atoms with Crippen molar-refractivity contribution in [1.82, 2.24) is 5.06 Å². The van der Waals surface area contributed by atoms with Gasteiger partial charge in [-0.25, -0.2) is 5.06 Å². The molecule has 0 bridgehead atoms. The minimum absolute atomic E-state index is 0.0731. The highest BCUT2D eigenvalue weighted by atomic mass is 16.5. The SMILES string of the molecule is CC(C)(O)C(=O)N(O)Cc1ccccc1. The van der Waals surface area contributed by atoms with Crippen molar-refractivity contribution in [1.29, 1.82) is 0 Å². The molecule has 0 saturated heterocycles. The van der Waals surface area contributed by atoms with Crippen molar-refractivity contribution < 1.29 is 15.1 Å². The van der Waals surface area contributed by atoms with E-state index in [0.717, 1.165) is 5.56 Å². The number of benzene rings is 1. The zero-order valence-corrected chi connectivity index (χ0v) is 8.84. The number of hydrogen-bond acceptors (Lipinski definition) is 3. The van der Waals surface area contributed by atoms with Crippen LogP contribution in [0.4, 0.5) is 0 Å². The molecule has 0 aliphatic heterocycles. The molecule has 0 fully saturated rings. The van der Waals surface area contributed by atoms with E-state index in [1.807, 2.05) is 18.2 Å². The van der Waals surface area contributed by atoms with Crippen molar-refractivity contribution in [3.8, 4) is 0 Å². The molecule has 82 valence electrons. The van der Waals surface area contributed by atoms with Gasteiger partial charge in [0.1, 0.15) is 5.60 Å². The minimum atomic E-state index is -1.55. The van der Waals surface area contributed by atoms with Gasteiger partial charge in [-0.1, -0.05) is 30.3 Å². The van der Waals surface area contributed by atoms with Crippen molar-refractivity contribution in [2.45, 2.75) is 26.0 Å². The predicted molar refractivity (Wildman–Crippen MR) is 55.1 cm³/mol. The Morgan fingerprint density at radius 1 is 1.33 bits per heavy atom. The van der Waals surface area contributed by atoms with Gasteiger partial charge in [0.2, 0.25) is 0 Å². The van der Waals surface area contributed by atoms with Crippen molar-refractivity contribution in [3.63, 3.8) is 0 Å². The lowest BCUT2D eigenvalue weighted by Gasteiger charge is -2.22. The van der Waals surface area contributed by atoms with E-state index < -0.39 is 11.5 Å². The van der Waals surface area contributed by atoms with Crippen LogP contribution < -0.4 is 0 Å². The molecule has 1 amide bonds. The standard InChI is InChI=1S/C11H15NO3/c1-11(2,14)10(13)12(15)8-9-6-4-3-5-7-9/h3-7,14-15H,8H2,1-2H3. The highest BCUT2D eigenvalue weighted by Crippen LogP contribution is 2.09. The molecule has 0 aliphatic rings. The van der Waals surface area contributed by atoms with Gasteiger partial charge in [0.05, 0.1) is 6.54 Å². The third-order valence-corrected chi connectivity index (χ3v) is 1.93. The van der Waals surface area contributed by atoms with E-state index >= 15 is 0 Å². The van der Waals surface area contributed by atoms with Gasteiger partial charge in [0.15, 0.2) is 0 Å². The summed E-state index contributed by atoms with van der Waals surface area (Å²) in [5, 5.41) is 19.3. The maximum atomic E-state index is 11.4. The summed E-state index contributed by atoms with van der Waals surface area (Å²) in [6.07, 6.45) is 0. The van der Waals surface area contributed by atoms with Crippen molar-refractivity contribution in [3.05, 3.63) is 35.9 Å². The van der Waals surface area contributed by atoms with E-state index in [1.54, 1.807) is 12.1 Å². The fourth-order valence-electron chi connectivity index (χ4n) is 1.14. The summed E-state index contributed by atoms with van der Waals surface area (Å²) in [6.45, 7) is 2.75. The number of carbonyl (C=O) groups excluding carboxylic acids is 1. The fourth-order valence-corrected chi connectivity index (χ4v) is 1.14. The molecule has 0 aromatic heterocycles. The van der Waals surface area contributed by atoms with Gasteiger partial charge in [-0.05, 0) is 19.4 Å². The summed E-state index contributed by atoms with van der Waals surface area (Å²) in [7, 11) is 0. The Hall–Kier alpha value is -1.39.